The number of hydrazine groups is 1. The molecule has 0 amide bonds. The summed E-state index contributed by atoms with van der Waals surface area (Å²) in [5, 5.41) is 2.90. The third-order valence-corrected chi connectivity index (χ3v) is 3.02. The maximum absolute atomic E-state index is 4.47. The molecule has 0 spiro atoms. The summed E-state index contributed by atoms with van der Waals surface area (Å²) in [5.41, 5.74) is 4.08. The van der Waals surface area contributed by atoms with Gasteiger partial charge in [0.25, 0.3) is 0 Å². The molecule has 0 unspecified atom stereocenters. The normalized spacial score (nSPS) is 10.6. The van der Waals surface area contributed by atoms with Crippen LogP contribution in [-0.2, 0) is 0 Å². The summed E-state index contributed by atoms with van der Waals surface area (Å²) in [4.78, 5) is 4.47. The number of nitrogens with zero attached hydrogens (tertiary/aromatic N) is 2. The van der Waals surface area contributed by atoms with Crippen molar-refractivity contribution in [3.05, 3.63) is 24.3 Å². The maximum Gasteiger partial charge on any atom is 0.200 e. The van der Waals surface area contributed by atoms with Crippen molar-refractivity contribution >= 4 is 26.7 Å². The number of rotatable bonds is 2. The van der Waals surface area contributed by atoms with E-state index in [1.54, 1.807) is 11.3 Å². The van der Waals surface area contributed by atoms with Crippen molar-refractivity contribution in [3.63, 3.8) is 0 Å². The van der Waals surface area contributed by atoms with E-state index >= 15 is 0 Å². The standard InChI is InChI=1S/C9H11N3S/c1-10-12(2)9-11-7-5-3-4-6-8(7)13-9/h3-6,10H,1-2H3. The summed E-state index contributed by atoms with van der Waals surface area (Å²) in [6.07, 6.45) is 0. The van der Waals surface area contributed by atoms with Crippen LogP contribution >= 0.6 is 11.3 Å². The monoisotopic (exact) mass is 193 g/mol. The SMILES string of the molecule is CNN(C)c1nc2ccccc2s1. The summed E-state index contributed by atoms with van der Waals surface area (Å²) < 4.78 is 1.22. The lowest BCUT2D eigenvalue weighted by molar-refractivity contribution is 0.788. The van der Waals surface area contributed by atoms with Gasteiger partial charge in [-0.1, -0.05) is 23.5 Å². The number of aromatic nitrogens is 1. The van der Waals surface area contributed by atoms with Crippen LogP contribution in [0, 0.1) is 0 Å². The molecular formula is C9H11N3S. The second-order valence-electron chi connectivity index (χ2n) is 2.75. The van der Waals surface area contributed by atoms with Crippen molar-refractivity contribution in [2.75, 3.05) is 19.1 Å². The number of benzene rings is 1. The molecule has 1 aromatic carbocycles. The Morgan fingerprint density at radius 1 is 1.38 bits per heavy atom. The molecule has 2 rings (SSSR count). The van der Waals surface area contributed by atoms with Crippen molar-refractivity contribution in [2.24, 2.45) is 0 Å². The molecule has 0 aliphatic carbocycles. The lowest BCUT2D eigenvalue weighted by Gasteiger charge is -2.11. The molecule has 0 aliphatic heterocycles. The van der Waals surface area contributed by atoms with Crippen molar-refractivity contribution < 1.29 is 0 Å². The Labute approximate surface area is 81.0 Å². The van der Waals surface area contributed by atoms with Crippen LogP contribution < -0.4 is 10.4 Å². The number of nitrogens with one attached hydrogen (secondary N) is 1. The molecule has 13 heavy (non-hydrogen) atoms. The van der Waals surface area contributed by atoms with E-state index in [-0.39, 0.29) is 0 Å². The van der Waals surface area contributed by atoms with Gasteiger partial charge in [0.1, 0.15) is 0 Å². The fourth-order valence-electron chi connectivity index (χ4n) is 1.10. The molecule has 0 fully saturated rings. The Kier molecular flexibility index (Phi) is 2.16. The average Bonchev–Trinajstić information content (AvgIpc) is 2.59. The minimum absolute atomic E-state index is 0.990. The quantitative estimate of drug-likeness (QED) is 0.738. The molecule has 0 saturated carbocycles. The van der Waals surface area contributed by atoms with Crippen molar-refractivity contribution in [1.29, 1.82) is 0 Å². The molecule has 0 bridgehead atoms. The van der Waals surface area contributed by atoms with E-state index in [2.05, 4.69) is 16.5 Å². The molecule has 4 heteroatoms. The first-order valence-corrected chi connectivity index (χ1v) is 4.89. The predicted molar refractivity (Wildman–Crippen MR) is 57.1 cm³/mol. The van der Waals surface area contributed by atoms with Gasteiger partial charge in [-0.3, -0.25) is 5.01 Å². The third-order valence-electron chi connectivity index (χ3n) is 1.90. The van der Waals surface area contributed by atoms with Gasteiger partial charge in [0.2, 0.25) is 5.13 Å². The van der Waals surface area contributed by atoms with Gasteiger partial charge in [-0.2, -0.15) is 0 Å². The van der Waals surface area contributed by atoms with Crippen LogP contribution in [0.25, 0.3) is 10.2 Å². The Hall–Kier alpha value is -1.13. The summed E-state index contributed by atoms with van der Waals surface area (Å²) in [6.45, 7) is 0. The average molecular weight is 193 g/mol. The van der Waals surface area contributed by atoms with E-state index in [0.717, 1.165) is 10.6 Å². The second kappa shape index (κ2) is 3.32. The first-order chi connectivity index (χ1) is 6.31. The van der Waals surface area contributed by atoms with E-state index in [1.165, 1.54) is 4.70 Å². The molecule has 0 atom stereocenters. The zero-order chi connectivity index (χ0) is 9.26. The summed E-state index contributed by atoms with van der Waals surface area (Å²) in [5.74, 6) is 0. The summed E-state index contributed by atoms with van der Waals surface area (Å²) in [6, 6.07) is 8.15. The smallest absolute Gasteiger partial charge is 0.200 e. The predicted octanol–water partition coefficient (Wildman–Crippen LogP) is 1.87. The lowest BCUT2D eigenvalue weighted by atomic mass is 10.3. The van der Waals surface area contributed by atoms with Crippen LogP contribution in [0.3, 0.4) is 0 Å². The van der Waals surface area contributed by atoms with Crippen LogP contribution in [0.2, 0.25) is 0 Å². The molecule has 0 aliphatic rings. The van der Waals surface area contributed by atoms with Crippen molar-refractivity contribution in [3.8, 4) is 0 Å². The van der Waals surface area contributed by atoms with E-state index in [1.807, 2.05) is 37.3 Å². The second-order valence-corrected chi connectivity index (χ2v) is 3.76. The van der Waals surface area contributed by atoms with E-state index < -0.39 is 0 Å². The van der Waals surface area contributed by atoms with Crippen LogP contribution in [-0.4, -0.2) is 19.1 Å². The molecule has 3 nitrogen and oxygen atoms in total. The van der Waals surface area contributed by atoms with Gasteiger partial charge in [-0.15, -0.1) is 0 Å². The van der Waals surface area contributed by atoms with Gasteiger partial charge in [0.05, 0.1) is 10.2 Å². The van der Waals surface area contributed by atoms with Gasteiger partial charge in [-0.25, -0.2) is 10.4 Å². The minimum atomic E-state index is 0.990. The number of anilines is 1. The summed E-state index contributed by atoms with van der Waals surface area (Å²) >= 11 is 1.68. The fourth-order valence-corrected chi connectivity index (χ4v) is 2.03. The number of thiazole rings is 1. The molecule has 0 saturated heterocycles. The largest absolute Gasteiger partial charge is 0.287 e. The van der Waals surface area contributed by atoms with Gasteiger partial charge >= 0.3 is 0 Å². The Morgan fingerprint density at radius 3 is 2.85 bits per heavy atom. The van der Waals surface area contributed by atoms with E-state index in [4.69, 9.17) is 0 Å². The van der Waals surface area contributed by atoms with Gasteiger partial charge in [-0.05, 0) is 12.1 Å². The molecule has 1 N–H and O–H groups in total. The van der Waals surface area contributed by atoms with Gasteiger partial charge < -0.3 is 0 Å². The lowest BCUT2D eigenvalue weighted by Crippen LogP contribution is -2.29. The Morgan fingerprint density at radius 2 is 2.15 bits per heavy atom. The molecular weight excluding hydrogens is 182 g/mol. The van der Waals surface area contributed by atoms with Crippen molar-refractivity contribution in [1.82, 2.24) is 10.4 Å². The number of para-hydroxylation sites is 1. The topological polar surface area (TPSA) is 28.2 Å². The highest BCUT2D eigenvalue weighted by molar-refractivity contribution is 7.22. The molecule has 1 heterocycles. The first kappa shape index (κ1) is 8.47. The molecule has 68 valence electrons. The highest BCUT2D eigenvalue weighted by Crippen LogP contribution is 2.26. The van der Waals surface area contributed by atoms with Gasteiger partial charge in [0.15, 0.2) is 0 Å². The number of hydrogen-bond donors (Lipinski definition) is 1. The number of fused-ring (bicyclic) bond motifs is 1. The third kappa shape index (κ3) is 1.50. The zero-order valence-electron chi connectivity index (χ0n) is 7.61. The molecule has 0 radical (unpaired) electrons. The maximum atomic E-state index is 4.47. The van der Waals surface area contributed by atoms with Gasteiger partial charge in [0, 0.05) is 14.1 Å². The summed E-state index contributed by atoms with van der Waals surface area (Å²) in [7, 11) is 3.84. The first-order valence-electron chi connectivity index (χ1n) is 4.08. The van der Waals surface area contributed by atoms with Crippen LogP contribution in [0.15, 0.2) is 24.3 Å². The minimum Gasteiger partial charge on any atom is -0.287 e. The fraction of sp³-hybridized carbons (Fsp3) is 0.222. The van der Waals surface area contributed by atoms with Crippen LogP contribution in [0.1, 0.15) is 0 Å². The molecule has 1 aromatic heterocycles. The Balaban J connectivity index is 2.49. The molecule has 2 aromatic rings. The van der Waals surface area contributed by atoms with E-state index in [0.29, 0.717) is 0 Å². The van der Waals surface area contributed by atoms with Crippen molar-refractivity contribution in [2.45, 2.75) is 0 Å². The highest BCUT2D eigenvalue weighted by atomic mass is 32.1. The van der Waals surface area contributed by atoms with Crippen LogP contribution in [0.4, 0.5) is 5.13 Å². The Bertz CT molecular complexity index is 377. The zero-order valence-corrected chi connectivity index (χ0v) is 8.43. The van der Waals surface area contributed by atoms with Crippen LogP contribution in [0.5, 0.6) is 0 Å². The van der Waals surface area contributed by atoms with E-state index in [9.17, 15) is 0 Å². The number of hydrogen-bond acceptors (Lipinski definition) is 4. The highest BCUT2D eigenvalue weighted by Gasteiger charge is 2.05.